The lowest BCUT2D eigenvalue weighted by molar-refractivity contribution is 0.198. The van der Waals surface area contributed by atoms with Crippen LogP contribution in [0.3, 0.4) is 0 Å². The molecule has 2 aromatic heterocycles. The third kappa shape index (κ3) is 40.7. The van der Waals surface area contributed by atoms with Gasteiger partial charge in [-0.15, -0.1) is 0 Å². The van der Waals surface area contributed by atoms with Crippen LogP contribution in [0, 0.1) is 41.2 Å². The van der Waals surface area contributed by atoms with E-state index < -0.39 is 0 Å². The number of para-hydroxylation sites is 2. The molecule has 0 amide bonds. The van der Waals surface area contributed by atoms with Crippen LogP contribution in [0.25, 0.3) is 4.85 Å². The SMILES string of the molecule is C1CCOC1.CC.CC.CC.CC.CC.COc1ccccc1.Cc1nn(C)c(=O)c(C)c1C.Cc1nn(C)c(=O)c(C)c1NCc1ccccc1.NCc1ccccc1.NOCl.O/N=C\c1ccccc1.[C-]#[N+]c1ccccc1. The highest BCUT2D eigenvalue weighted by Gasteiger charge is 2.09. The van der Waals surface area contributed by atoms with Gasteiger partial charge >= 0.3 is 0 Å². The largest absolute Gasteiger partial charge is 0.497 e. The first-order chi connectivity index (χ1) is 38.8. The average Bonchev–Trinajstić information content (AvgIpc) is 4.14. The quantitative estimate of drug-likeness (QED) is 0.0535. The standard InChI is InChI=1S/C14H17N3O.C8H12N2O.C7H7NO.C7H5N.C7H9N.C7H8O.C4H8O.5C2H6.ClH2NO/c1-10-13(11(2)16-17(3)14(10)18)15-9-12-7-5-4-6-8-12;1-5-6(2)8(11)10(4)9-7(5)3;9-8-6-7-4-2-1-3-5-7;1-8-7-5-3-2-4-6-7;8-6-7-4-2-1-3-5-7;1-8-7-5-3-2-4-6-7;1-2-4-5-3-1;5*1-2;1-3-2/h4-8,15H,9H2,1-3H3;1-4H3;1-6,9H;2-6H;1-5H,6,8H2;2-6H,1H3;1-4H2;5*1-2H3;2H2/b;;8-6-;;;;;;;;;;. The van der Waals surface area contributed by atoms with E-state index in [1.54, 1.807) is 33.3 Å². The van der Waals surface area contributed by atoms with Gasteiger partial charge in [-0.25, -0.2) is 14.2 Å². The van der Waals surface area contributed by atoms with Crippen LogP contribution in [0.1, 0.15) is 127 Å². The zero-order valence-electron chi connectivity index (χ0n) is 51.5. The summed E-state index contributed by atoms with van der Waals surface area (Å²) < 4.78 is 15.8. The van der Waals surface area contributed by atoms with E-state index in [1.165, 1.54) is 39.5 Å². The molecule has 1 fully saturated rings. The molecule has 16 heteroatoms. The molecule has 0 atom stereocenters. The molecular formula is C64H98ClN9O6. The summed E-state index contributed by atoms with van der Waals surface area (Å²) in [5, 5.41) is 22.5. The van der Waals surface area contributed by atoms with Gasteiger partial charge in [-0.3, -0.25) is 9.59 Å². The Hall–Kier alpha value is -7.45. The molecule has 0 spiro atoms. The summed E-state index contributed by atoms with van der Waals surface area (Å²) in [6.45, 7) is 39.3. The lowest BCUT2D eigenvalue weighted by Gasteiger charge is -2.12. The Kier molecular flexibility index (Phi) is 60.2. The van der Waals surface area contributed by atoms with Gasteiger partial charge in [0.2, 0.25) is 0 Å². The second kappa shape index (κ2) is 59.2. The maximum Gasteiger partial charge on any atom is 0.271 e. The minimum absolute atomic E-state index is 0.00639. The topological polar surface area (TPSA) is 198 Å². The molecule has 442 valence electrons. The summed E-state index contributed by atoms with van der Waals surface area (Å²) in [5.41, 5.74) is 14.3. The van der Waals surface area contributed by atoms with Crippen LogP contribution in [0.5, 0.6) is 5.75 Å². The van der Waals surface area contributed by atoms with Gasteiger partial charge in [0, 0.05) is 51.5 Å². The first kappa shape index (κ1) is 81.4. The molecule has 5 aromatic carbocycles. The number of hydrogen-bond donors (Lipinski definition) is 4. The lowest BCUT2D eigenvalue weighted by atomic mass is 10.1. The highest BCUT2D eigenvalue weighted by Crippen LogP contribution is 2.15. The van der Waals surface area contributed by atoms with Crippen molar-refractivity contribution in [2.24, 2.45) is 30.9 Å². The second-order valence-electron chi connectivity index (χ2n) is 14.8. The van der Waals surface area contributed by atoms with E-state index in [4.69, 9.17) is 27.0 Å². The Bertz CT molecular complexity index is 2580. The number of oxime groups is 1. The van der Waals surface area contributed by atoms with Gasteiger partial charge in [-0.2, -0.15) is 20.5 Å². The summed E-state index contributed by atoms with van der Waals surface area (Å²) in [6.07, 6.45) is 3.94. The fraction of sp³-hybridized carbons (Fsp3) is 0.375. The molecule has 0 radical (unpaired) electrons. The Morgan fingerprint density at radius 1 is 0.637 bits per heavy atom. The van der Waals surface area contributed by atoms with E-state index >= 15 is 0 Å². The van der Waals surface area contributed by atoms with Gasteiger partial charge in [-0.1, -0.05) is 214 Å². The fourth-order valence-electron chi connectivity index (χ4n) is 5.80. The molecule has 1 saturated heterocycles. The molecule has 8 rings (SSSR count). The normalized spacial score (nSPS) is 9.55. The smallest absolute Gasteiger partial charge is 0.271 e. The molecule has 1 aliphatic heterocycles. The summed E-state index contributed by atoms with van der Waals surface area (Å²) in [5.74, 6) is 5.02. The highest BCUT2D eigenvalue weighted by atomic mass is 35.5. The Labute approximate surface area is 486 Å². The molecule has 0 saturated carbocycles. The number of hydrogen-bond acceptors (Lipinski definition) is 12. The number of nitrogens with one attached hydrogen (secondary N) is 1. The predicted molar refractivity (Wildman–Crippen MR) is 340 cm³/mol. The van der Waals surface area contributed by atoms with Gasteiger partial charge < -0.3 is 25.7 Å². The zero-order valence-corrected chi connectivity index (χ0v) is 52.2. The number of halogens is 1. The van der Waals surface area contributed by atoms with E-state index in [1.807, 2.05) is 243 Å². The molecule has 0 unspecified atom stereocenters. The third-order valence-electron chi connectivity index (χ3n) is 9.76. The van der Waals surface area contributed by atoms with Gasteiger partial charge in [0.1, 0.15) is 5.75 Å². The third-order valence-corrected chi connectivity index (χ3v) is 9.76. The van der Waals surface area contributed by atoms with Crippen molar-refractivity contribution in [2.45, 2.75) is 130 Å². The van der Waals surface area contributed by atoms with E-state index in [0.717, 1.165) is 52.7 Å². The molecule has 7 aromatic rings. The maximum absolute atomic E-state index is 11.8. The van der Waals surface area contributed by atoms with E-state index in [-0.39, 0.29) is 11.1 Å². The number of anilines is 1. The van der Waals surface area contributed by atoms with Crippen molar-refractivity contribution in [1.29, 1.82) is 0 Å². The minimum atomic E-state index is -0.0591. The summed E-state index contributed by atoms with van der Waals surface area (Å²) in [4.78, 5) is 26.3. The predicted octanol–water partition coefficient (Wildman–Crippen LogP) is 15.2. The van der Waals surface area contributed by atoms with Crippen molar-refractivity contribution in [3.05, 3.63) is 229 Å². The minimum Gasteiger partial charge on any atom is -0.497 e. The number of aromatic nitrogens is 4. The van der Waals surface area contributed by atoms with Gasteiger partial charge in [0.25, 0.3) is 11.1 Å². The van der Waals surface area contributed by atoms with Crippen molar-refractivity contribution in [3.8, 4) is 5.75 Å². The summed E-state index contributed by atoms with van der Waals surface area (Å²) >= 11 is 4.28. The van der Waals surface area contributed by atoms with Crippen molar-refractivity contribution >= 4 is 29.5 Å². The van der Waals surface area contributed by atoms with Crippen LogP contribution >= 0.6 is 11.9 Å². The monoisotopic (exact) mass is 1120 g/mol. The van der Waals surface area contributed by atoms with Crippen LogP contribution in [0.4, 0.5) is 11.4 Å². The second-order valence-corrected chi connectivity index (χ2v) is 15.0. The molecule has 1 aliphatic rings. The first-order valence-corrected chi connectivity index (χ1v) is 27.5. The number of aryl methyl sites for hydroxylation is 4. The Morgan fingerprint density at radius 3 is 1.35 bits per heavy atom. The number of nitrogens with zero attached hydrogens (tertiary/aromatic N) is 6. The molecule has 6 N–H and O–H groups in total. The van der Waals surface area contributed by atoms with E-state index in [2.05, 4.69) is 47.7 Å². The number of rotatable bonds is 6. The number of nitrogens with two attached hydrogens (primary N) is 2. The number of benzene rings is 5. The lowest BCUT2D eigenvalue weighted by Crippen LogP contribution is -2.24. The Morgan fingerprint density at radius 2 is 1.01 bits per heavy atom. The highest BCUT2D eigenvalue weighted by molar-refractivity contribution is 6.07. The van der Waals surface area contributed by atoms with Crippen molar-refractivity contribution in [1.82, 2.24) is 19.6 Å². The summed E-state index contributed by atoms with van der Waals surface area (Å²) in [7, 11) is 5.00. The molecule has 3 heterocycles. The van der Waals surface area contributed by atoms with Crippen LogP contribution in [0.15, 0.2) is 166 Å². The zero-order chi connectivity index (χ0) is 61.9. The molecule has 15 nitrogen and oxygen atoms in total. The van der Waals surface area contributed by atoms with Gasteiger partial charge in [-0.05, 0) is 81.8 Å². The summed E-state index contributed by atoms with van der Waals surface area (Å²) in [6, 6.07) is 48.3. The van der Waals surface area contributed by atoms with Gasteiger partial charge in [0.05, 0.1) is 48.8 Å². The fourth-order valence-corrected chi connectivity index (χ4v) is 5.80. The van der Waals surface area contributed by atoms with Crippen LogP contribution in [-0.2, 0) is 36.3 Å². The molecule has 80 heavy (non-hydrogen) atoms. The van der Waals surface area contributed by atoms with Gasteiger partial charge in [0.15, 0.2) is 5.69 Å². The number of ether oxygens (including phenoxy) is 2. The maximum atomic E-state index is 11.8. The first-order valence-electron chi connectivity index (χ1n) is 27.1. The number of methoxy groups -OCH3 is 1. The molecule has 0 bridgehead atoms. The van der Waals surface area contributed by atoms with E-state index in [0.29, 0.717) is 24.3 Å². The van der Waals surface area contributed by atoms with Crippen molar-refractivity contribution in [3.63, 3.8) is 0 Å². The van der Waals surface area contributed by atoms with E-state index in [9.17, 15) is 9.59 Å². The Balaban J connectivity index is -0.000000271. The van der Waals surface area contributed by atoms with Crippen LogP contribution in [0.2, 0.25) is 0 Å². The molecule has 0 aliphatic carbocycles. The average molecular weight is 1120 g/mol. The van der Waals surface area contributed by atoms with Crippen LogP contribution in [-0.4, -0.2) is 51.3 Å². The van der Waals surface area contributed by atoms with Crippen LogP contribution < -0.4 is 32.8 Å². The molecular weight excluding hydrogens is 1030 g/mol. The van der Waals surface area contributed by atoms with Crippen molar-refractivity contribution < 1.29 is 19.1 Å². The van der Waals surface area contributed by atoms with Crippen molar-refractivity contribution in [2.75, 3.05) is 25.6 Å².